The zero-order valence-corrected chi connectivity index (χ0v) is 7.66. The first-order valence-corrected chi connectivity index (χ1v) is 4.59. The van der Waals surface area contributed by atoms with Gasteiger partial charge in [-0.2, -0.15) is 0 Å². The summed E-state index contributed by atoms with van der Waals surface area (Å²) < 4.78 is 2.09. The SMILES string of the molecule is CCn1ccnc1C1CNC(=O)C1. The third-order valence-corrected chi connectivity index (χ3v) is 2.43. The minimum absolute atomic E-state index is 0.135. The second-order valence-electron chi connectivity index (χ2n) is 3.28. The molecule has 1 amide bonds. The van der Waals surface area contributed by atoms with E-state index in [1.807, 2.05) is 6.20 Å². The third kappa shape index (κ3) is 1.43. The van der Waals surface area contributed by atoms with Gasteiger partial charge in [-0.25, -0.2) is 4.98 Å². The van der Waals surface area contributed by atoms with Crippen LogP contribution in [0.2, 0.25) is 0 Å². The van der Waals surface area contributed by atoms with Gasteiger partial charge in [-0.1, -0.05) is 0 Å². The van der Waals surface area contributed by atoms with Gasteiger partial charge in [0.1, 0.15) is 5.82 Å². The van der Waals surface area contributed by atoms with Crippen LogP contribution in [0.5, 0.6) is 0 Å². The van der Waals surface area contributed by atoms with E-state index in [4.69, 9.17) is 0 Å². The van der Waals surface area contributed by atoms with Crippen molar-refractivity contribution in [2.75, 3.05) is 6.54 Å². The molecule has 4 nitrogen and oxygen atoms in total. The van der Waals surface area contributed by atoms with E-state index in [1.165, 1.54) is 0 Å². The number of nitrogens with zero attached hydrogens (tertiary/aromatic N) is 2. The Morgan fingerprint density at radius 2 is 2.62 bits per heavy atom. The van der Waals surface area contributed by atoms with Gasteiger partial charge in [-0.15, -0.1) is 0 Å². The molecule has 0 spiro atoms. The Hall–Kier alpha value is -1.32. The zero-order valence-electron chi connectivity index (χ0n) is 7.66. The molecule has 2 rings (SSSR count). The van der Waals surface area contributed by atoms with Crippen LogP contribution in [0.15, 0.2) is 12.4 Å². The lowest BCUT2D eigenvalue weighted by Crippen LogP contribution is -2.14. The summed E-state index contributed by atoms with van der Waals surface area (Å²) in [5.74, 6) is 1.43. The number of nitrogens with one attached hydrogen (secondary N) is 1. The lowest BCUT2D eigenvalue weighted by molar-refractivity contribution is -0.119. The maximum absolute atomic E-state index is 11.0. The van der Waals surface area contributed by atoms with E-state index in [1.54, 1.807) is 6.20 Å². The minimum atomic E-state index is 0.135. The van der Waals surface area contributed by atoms with E-state index in [0.717, 1.165) is 18.9 Å². The number of hydrogen-bond acceptors (Lipinski definition) is 2. The molecular weight excluding hydrogens is 166 g/mol. The molecule has 1 aliphatic rings. The summed E-state index contributed by atoms with van der Waals surface area (Å²) >= 11 is 0. The fourth-order valence-electron chi connectivity index (χ4n) is 1.74. The van der Waals surface area contributed by atoms with E-state index < -0.39 is 0 Å². The highest BCUT2D eigenvalue weighted by Crippen LogP contribution is 2.20. The predicted molar refractivity (Wildman–Crippen MR) is 48.3 cm³/mol. The molecule has 13 heavy (non-hydrogen) atoms. The quantitative estimate of drug-likeness (QED) is 0.719. The van der Waals surface area contributed by atoms with Crippen LogP contribution in [0.1, 0.15) is 25.1 Å². The van der Waals surface area contributed by atoms with Crippen LogP contribution in [0.4, 0.5) is 0 Å². The van der Waals surface area contributed by atoms with Crippen molar-refractivity contribution in [2.45, 2.75) is 25.8 Å². The van der Waals surface area contributed by atoms with Crippen molar-refractivity contribution < 1.29 is 4.79 Å². The molecule has 0 saturated carbocycles. The first-order chi connectivity index (χ1) is 6.31. The number of hydrogen-bond donors (Lipinski definition) is 1. The fourth-order valence-corrected chi connectivity index (χ4v) is 1.74. The Bertz CT molecular complexity index is 318. The van der Waals surface area contributed by atoms with Crippen molar-refractivity contribution >= 4 is 5.91 Å². The summed E-state index contributed by atoms with van der Waals surface area (Å²) in [6, 6.07) is 0. The standard InChI is InChI=1S/C9H13N3O/c1-2-12-4-3-10-9(12)7-5-8(13)11-6-7/h3-4,7H,2,5-6H2,1H3,(H,11,13). The summed E-state index contributed by atoms with van der Waals surface area (Å²) in [6.07, 6.45) is 4.33. The average molecular weight is 179 g/mol. The highest BCUT2D eigenvalue weighted by Gasteiger charge is 2.25. The van der Waals surface area contributed by atoms with Crippen molar-refractivity contribution in [3.05, 3.63) is 18.2 Å². The Labute approximate surface area is 77.0 Å². The number of carbonyl (C=O) groups excluding carboxylic acids is 1. The smallest absolute Gasteiger partial charge is 0.220 e. The number of aromatic nitrogens is 2. The Balaban J connectivity index is 2.20. The van der Waals surface area contributed by atoms with Gasteiger partial charge >= 0.3 is 0 Å². The molecule has 1 N–H and O–H groups in total. The number of imidazole rings is 1. The highest BCUT2D eigenvalue weighted by atomic mass is 16.1. The topological polar surface area (TPSA) is 46.9 Å². The summed E-state index contributed by atoms with van der Waals surface area (Å²) in [6.45, 7) is 3.73. The number of aryl methyl sites for hydroxylation is 1. The van der Waals surface area contributed by atoms with Crippen LogP contribution < -0.4 is 5.32 Å². The van der Waals surface area contributed by atoms with Crippen molar-refractivity contribution in [2.24, 2.45) is 0 Å². The van der Waals surface area contributed by atoms with Gasteiger partial charge in [0.15, 0.2) is 0 Å². The van der Waals surface area contributed by atoms with Gasteiger partial charge < -0.3 is 9.88 Å². The molecule has 0 bridgehead atoms. The molecule has 4 heteroatoms. The van der Waals surface area contributed by atoms with Crippen LogP contribution in [-0.2, 0) is 11.3 Å². The van der Waals surface area contributed by atoms with Crippen LogP contribution in [0.25, 0.3) is 0 Å². The first kappa shape index (κ1) is 8.29. The van der Waals surface area contributed by atoms with Gasteiger partial charge in [0.2, 0.25) is 5.91 Å². The molecule has 1 aliphatic heterocycles. The molecule has 0 radical (unpaired) electrons. The average Bonchev–Trinajstić information content (AvgIpc) is 2.71. The van der Waals surface area contributed by atoms with E-state index >= 15 is 0 Å². The van der Waals surface area contributed by atoms with Crippen LogP contribution >= 0.6 is 0 Å². The van der Waals surface area contributed by atoms with Gasteiger partial charge in [0.25, 0.3) is 0 Å². The summed E-state index contributed by atoms with van der Waals surface area (Å²) in [5.41, 5.74) is 0. The molecule has 0 aromatic carbocycles. The van der Waals surface area contributed by atoms with Crippen LogP contribution in [0.3, 0.4) is 0 Å². The molecule has 2 heterocycles. The lowest BCUT2D eigenvalue weighted by Gasteiger charge is -2.08. The largest absolute Gasteiger partial charge is 0.355 e. The Morgan fingerprint density at radius 3 is 3.23 bits per heavy atom. The fraction of sp³-hybridized carbons (Fsp3) is 0.556. The lowest BCUT2D eigenvalue weighted by atomic mass is 10.1. The molecule has 1 atom stereocenters. The van der Waals surface area contributed by atoms with E-state index in [9.17, 15) is 4.79 Å². The molecule has 1 unspecified atom stereocenters. The molecule has 1 aromatic heterocycles. The second kappa shape index (κ2) is 3.20. The zero-order chi connectivity index (χ0) is 9.26. The molecule has 1 aromatic rings. The number of amides is 1. The highest BCUT2D eigenvalue weighted by molar-refractivity contribution is 5.79. The van der Waals surface area contributed by atoms with E-state index in [2.05, 4.69) is 21.8 Å². The monoisotopic (exact) mass is 179 g/mol. The van der Waals surface area contributed by atoms with Crippen molar-refractivity contribution in [1.82, 2.24) is 14.9 Å². The normalized spacial score (nSPS) is 21.9. The minimum Gasteiger partial charge on any atom is -0.355 e. The predicted octanol–water partition coefficient (Wildman–Crippen LogP) is 0.506. The Kier molecular flexibility index (Phi) is 2.04. The van der Waals surface area contributed by atoms with Gasteiger partial charge in [0, 0.05) is 37.8 Å². The molecule has 1 fully saturated rings. The molecule has 0 aliphatic carbocycles. The van der Waals surface area contributed by atoms with Crippen molar-refractivity contribution in [3.63, 3.8) is 0 Å². The van der Waals surface area contributed by atoms with E-state index in [0.29, 0.717) is 6.42 Å². The van der Waals surface area contributed by atoms with Gasteiger partial charge in [0.05, 0.1) is 0 Å². The van der Waals surface area contributed by atoms with Crippen LogP contribution in [0, 0.1) is 0 Å². The number of rotatable bonds is 2. The third-order valence-electron chi connectivity index (χ3n) is 2.43. The molecule has 70 valence electrons. The molecule has 1 saturated heterocycles. The number of carbonyl (C=O) groups is 1. The molecular formula is C9H13N3O. The Morgan fingerprint density at radius 1 is 1.77 bits per heavy atom. The van der Waals surface area contributed by atoms with E-state index in [-0.39, 0.29) is 11.8 Å². The van der Waals surface area contributed by atoms with Gasteiger partial charge in [-0.05, 0) is 6.92 Å². The maximum Gasteiger partial charge on any atom is 0.220 e. The summed E-state index contributed by atoms with van der Waals surface area (Å²) in [7, 11) is 0. The van der Waals surface area contributed by atoms with Crippen molar-refractivity contribution in [1.29, 1.82) is 0 Å². The van der Waals surface area contributed by atoms with Gasteiger partial charge in [-0.3, -0.25) is 4.79 Å². The van der Waals surface area contributed by atoms with Crippen LogP contribution in [-0.4, -0.2) is 22.0 Å². The summed E-state index contributed by atoms with van der Waals surface area (Å²) in [5, 5.41) is 2.82. The maximum atomic E-state index is 11.0. The van der Waals surface area contributed by atoms with Crippen molar-refractivity contribution in [3.8, 4) is 0 Å². The second-order valence-corrected chi connectivity index (χ2v) is 3.28. The first-order valence-electron chi connectivity index (χ1n) is 4.59. The summed E-state index contributed by atoms with van der Waals surface area (Å²) in [4.78, 5) is 15.3.